The summed E-state index contributed by atoms with van der Waals surface area (Å²) in [6, 6.07) is 13.7. The lowest BCUT2D eigenvalue weighted by molar-refractivity contribution is 0.406. The molecule has 0 unspecified atom stereocenters. The number of hydrogen-bond acceptors (Lipinski definition) is 4. The third-order valence-electron chi connectivity index (χ3n) is 3.44. The quantitative estimate of drug-likeness (QED) is 0.801. The van der Waals surface area contributed by atoms with Crippen LogP contribution in [0.3, 0.4) is 0 Å². The van der Waals surface area contributed by atoms with E-state index in [1.807, 2.05) is 31.2 Å². The molecule has 2 aromatic carbocycles. The molecular weight excluding hydrogens is 300 g/mol. The molecule has 0 aliphatic carbocycles. The topological polar surface area (TPSA) is 81.4 Å². The highest BCUT2D eigenvalue weighted by molar-refractivity contribution is 7.89. The Balaban J connectivity index is 2.10. The molecule has 0 fully saturated rings. The maximum Gasteiger partial charge on any atom is 0.240 e. The molecule has 2 rings (SSSR count). The van der Waals surface area contributed by atoms with E-state index in [0.717, 1.165) is 11.3 Å². The van der Waals surface area contributed by atoms with Gasteiger partial charge in [0.15, 0.2) is 0 Å². The Hall–Kier alpha value is -2.05. The fourth-order valence-electron chi connectivity index (χ4n) is 2.15. The molecule has 22 heavy (non-hydrogen) atoms. The zero-order chi connectivity index (χ0) is 16.2. The van der Waals surface area contributed by atoms with E-state index in [9.17, 15) is 8.42 Å². The van der Waals surface area contributed by atoms with Gasteiger partial charge >= 0.3 is 0 Å². The summed E-state index contributed by atoms with van der Waals surface area (Å²) in [6.07, 6.45) is 0. The van der Waals surface area contributed by atoms with Crippen LogP contribution in [-0.4, -0.2) is 22.1 Å². The van der Waals surface area contributed by atoms with Crippen LogP contribution >= 0.6 is 0 Å². The number of hydrogen-bond donors (Lipinski definition) is 2. The number of nitrogens with one attached hydrogen (secondary N) is 1. The Morgan fingerprint density at radius 1 is 1.14 bits per heavy atom. The van der Waals surface area contributed by atoms with E-state index in [-0.39, 0.29) is 17.4 Å². The molecule has 0 heterocycles. The van der Waals surface area contributed by atoms with Crippen LogP contribution in [0.4, 0.5) is 5.69 Å². The van der Waals surface area contributed by atoms with Gasteiger partial charge in [0, 0.05) is 12.2 Å². The van der Waals surface area contributed by atoms with Gasteiger partial charge in [-0.05, 0) is 41.8 Å². The first kappa shape index (κ1) is 16.3. The molecule has 0 aromatic heterocycles. The van der Waals surface area contributed by atoms with Crippen LogP contribution in [-0.2, 0) is 10.0 Å². The Kier molecular flexibility index (Phi) is 5.05. The van der Waals surface area contributed by atoms with Crippen molar-refractivity contribution in [3.63, 3.8) is 0 Å². The Labute approximate surface area is 131 Å². The number of sulfonamides is 1. The third kappa shape index (κ3) is 3.78. The summed E-state index contributed by atoms with van der Waals surface area (Å²) in [7, 11) is -1.94. The second-order valence-electron chi connectivity index (χ2n) is 5.06. The zero-order valence-corrected chi connectivity index (χ0v) is 13.4. The summed E-state index contributed by atoms with van der Waals surface area (Å²) in [6.45, 7) is 2.23. The van der Waals surface area contributed by atoms with Gasteiger partial charge in [-0.1, -0.05) is 25.1 Å². The zero-order valence-electron chi connectivity index (χ0n) is 12.6. The third-order valence-corrected chi connectivity index (χ3v) is 4.88. The number of para-hydroxylation sites is 1. The van der Waals surface area contributed by atoms with E-state index < -0.39 is 10.0 Å². The number of rotatable bonds is 6. The van der Waals surface area contributed by atoms with Crippen molar-refractivity contribution in [2.24, 2.45) is 0 Å². The number of nitrogen functional groups attached to an aromatic ring is 1. The average Bonchev–Trinajstić information content (AvgIpc) is 2.53. The molecule has 118 valence electrons. The van der Waals surface area contributed by atoms with E-state index in [1.165, 1.54) is 12.1 Å². The van der Waals surface area contributed by atoms with E-state index in [1.54, 1.807) is 19.2 Å². The van der Waals surface area contributed by atoms with Crippen molar-refractivity contribution < 1.29 is 13.2 Å². The molecule has 0 saturated carbocycles. The lowest BCUT2D eigenvalue weighted by Crippen LogP contribution is -2.27. The molecule has 0 aliphatic rings. The molecule has 3 N–H and O–H groups in total. The van der Waals surface area contributed by atoms with Crippen molar-refractivity contribution in [2.75, 3.05) is 19.4 Å². The smallest absolute Gasteiger partial charge is 0.240 e. The van der Waals surface area contributed by atoms with Gasteiger partial charge in [-0.15, -0.1) is 0 Å². The van der Waals surface area contributed by atoms with Crippen LogP contribution in [0.1, 0.15) is 18.4 Å². The van der Waals surface area contributed by atoms with Crippen molar-refractivity contribution in [2.45, 2.75) is 17.7 Å². The van der Waals surface area contributed by atoms with Gasteiger partial charge in [-0.25, -0.2) is 13.1 Å². The lowest BCUT2D eigenvalue weighted by Gasteiger charge is -2.16. The SMILES string of the molecule is COc1ccccc1[C@@H](C)CNS(=O)(=O)c1ccc(N)cc1. The second kappa shape index (κ2) is 6.81. The van der Waals surface area contributed by atoms with Crippen molar-refractivity contribution >= 4 is 15.7 Å². The predicted molar refractivity (Wildman–Crippen MR) is 87.5 cm³/mol. The molecular formula is C16H20N2O3S. The molecule has 0 spiro atoms. The molecule has 0 bridgehead atoms. The van der Waals surface area contributed by atoms with Crippen LogP contribution in [0.5, 0.6) is 5.75 Å². The molecule has 0 aliphatic heterocycles. The van der Waals surface area contributed by atoms with Gasteiger partial charge in [0.2, 0.25) is 10.0 Å². The minimum Gasteiger partial charge on any atom is -0.496 e. The number of nitrogens with two attached hydrogens (primary N) is 1. The van der Waals surface area contributed by atoms with E-state index in [2.05, 4.69) is 4.72 Å². The van der Waals surface area contributed by atoms with Gasteiger partial charge in [0.25, 0.3) is 0 Å². The number of methoxy groups -OCH3 is 1. The standard InChI is InChI=1S/C16H20N2O3S/c1-12(15-5-3-4-6-16(15)21-2)11-18-22(19,20)14-9-7-13(17)8-10-14/h3-10,12,18H,11,17H2,1-2H3/t12-/m0/s1. The highest BCUT2D eigenvalue weighted by Crippen LogP contribution is 2.25. The lowest BCUT2D eigenvalue weighted by atomic mass is 10.0. The maximum absolute atomic E-state index is 12.3. The van der Waals surface area contributed by atoms with Crippen molar-refractivity contribution in [1.82, 2.24) is 4.72 Å². The van der Waals surface area contributed by atoms with Crippen LogP contribution in [0.15, 0.2) is 53.4 Å². The van der Waals surface area contributed by atoms with Crippen LogP contribution in [0.25, 0.3) is 0 Å². The highest BCUT2D eigenvalue weighted by atomic mass is 32.2. The largest absolute Gasteiger partial charge is 0.496 e. The van der Waals surface area contributed by atoms with E-state index in [0.29, 0.717) is 5.69 Å². The summed E-state index contributed by atoms with van der Waals surface area (Å²) in [5.74, 6) is 0.737. The fourth-order valence-corrected chi connectivity index (χ4v) is 3.28. The summed E-state index contributed by atoms with van der Waals surface area (Å²) in [5.41, 5.74) is 7.06. The Bertz CT molecular complexity index is 727. The molecule has 1 atom stereocenters. The van der Waals surface area contributed by atoms with E-state index in [4.69, 9.17) is 10.5 Å². The van der Waals surface area contributed by atoms with Gasteiger partial charge in [-0.2, -0.15) is 0 Å². The van der Waals surface area contributed by atoms with Crippen molar-refractivity contribution in [3.05, 3.63) is 54.1 Å². The van der Waals surface area contributed by atoms with E-state index >= 15 is 0 Å². The van der Waals surface area contributed by atoms with Gasteiger partial charge in [-0.3, -0.25) is 0 Å². The molecule has 2 aromatic rings. The molecule has 0 saturated heterocycles. The Morgan fingerprint density at radius 2 is 1.77 bits per heavy atom. The summed E-state index contributed by atoms with van der Waals surface area (Å²) >= 11 is 0. The van der Waals surface area contributed by atoms with Gasteiger partial charge < -0.3 is 10.5 Å². The highest BCUT2D eigenvalue weighted by Gasteiger charge is 2.17. The van der Waals surface area contributed by atoms with Crippen molar-refractivity contribution in [3.8, 4) is 5.75 Å². The monoisotopic (exact) mass is 320 g/mol. The maximum atomic E-state index is 12.3. The summed E-state index contributed by atoms with van der Waals surface area (Å²) in [4.78, 5) is 0.203. The van der Waals surface area contributed by atoms with Gasteiger partial charge in [0.05, 0.1) is 12.0 Å². The normalized spacial score (nSPS) is 12.8. The first-order chi connectivity index (χ1) is 10.4. The summed E-state index contributed by atoms with van der Waals surface area (Å²) in [5, 5.41) is 0. The predicted octanol–water partition coefficient (Wildman–Crippen LogP) is 2.36. The molecule has 0 radical (unpaired) electrons. The van der Waals surface area contributed by atoms with Crippen molar-refractivity contribution in [1.29, 1.82) is 0 Å². The van der Waals surface area contributed by atoms with Crippen LogP contribution in [0, 0.1) is 0 Å². The molecule has 5 nitrogen and oxygen atoms in total. The first-order valence-corrected chi connectivity index (χ1v) is 8.40. The molecule has 0 amide bonds. The van der Waals surface area contributed by atoms with Gasteiger partial charge in [0.1, 0.15) is 5.75 Å². The first-order valence-electron chi connectivity index (χ1n) is 6.92. The number of ether oxygens (including phenoxy) is 1. The summed E-state index contributed by atoms with van der Waals surface area (Å²) < 4.78 is 32.4. The van der Waals surface area contributed by atoms with Crippen LogP contribution in [0.2, 0.25) is 0 Å². The average molecular weight is 320 g/mol. The minimum absolute atomic E-state index is 0.0142. The second-order valence-corrected chi connectivity index (χ2v) is 6.83. The fraction of sp³-hybridized carbons (Fsp3) is 0.250. The Morgan fingerprint density at radius 3 is 2.41 bits per heavy atom. The number of anilines is 1. The van der Waals surface area contributed by atoms with Crippen LogP contribution < -0.4 is 15.2 Å². The molecule has 6 heteroatoms. The minimum atomic E-state index is -3.55. The number of benzene rings is 2.